The van der Waals surface area contributed by atoms with Crippen LogP contribution in [0.25, 0.3) is 10.2 Å². The van der Waals surface area contributed by atoms with Gasteiger partial charge in [-0.15, -0.1) is 0 Å². The lowest BCUT2D eigenvalue weighted by molar-refractivity contribution is -0.892. The topological polar surface area (TPSA) is 49.7 Å². The fraction of sp³-hybridized carbons (Fsp3) is 0.333. The van der Waals surface area contributed by atoms with Crippen molar-refractivity contribution in [3.05, 3.63) is 54.1 Å². The van der Waals surface area contributed by atoms with E-state index in [0.29, 0.717) is 6.54 Å². The summed E-state index contributed by atoms with van der Waals surface area (Å²) in [6.07, 6.45) is 1.01. The highest BCUT2D eigenvalue weighted by Gasteiger charge is 2.24. The molecule has 0 aliphatic carbocycles. The molecule has 1 aliphatic rings. The number of carbonyl (C=O) groups excluding carboxylic acids is 1. The van der Waals surface area contributed by atoms with Crippen LogP contribution >= 0.6 is 11.3 Å². The van der Waals surface area contributed by atoms with Gasteiger partial charge in [0.05, 0.1) is 36.4 Å². The third-order valence-electron chi connectivity index (χ3n) is 5.08. The van der Waals surface area contributed by atoms with Crippen molar-refractivity contribution in [2.24, 2.45) is 0 Å². The normalized spacial score (nSPS) is 15.2. The van der Waals surface area contributed by atoms with E-state index in [4.69, 9.17) is 4.98 Å². The predicted molar refractivity (Wildman–Crippen MR) is 112 cm³/mol. The molecule has 0 saturated carbocycles. The van der Waals surface area contributed by atoms with Crippen molar-refractivity contribution < 1.29 is 9.69 Å². The first-order valence-electron chi connectivity index (χ1n) is 9.54. The van der Waals surface area contributed by atoms with Gasteiger partial charge >= 0.3 is 0 Å². The summed E-state index contributed by atoms with van der Waals surface area (Å²) >= 11 is 1.75. The largest absolute Gasteiger partial charge is 0.337 e. The molecule has 0 radical (unpaired) electrons. The Morgan fingerprint density at radius 3 is 2.59 bits per heavy atom. The van der Waals surface area contributed by atoms with Crippen LogP contribution in [-0.4, -0.2) is 43.6 Å². The molecular weight excluding hydrogens is 356 g/mol. The smallest absolute Gasteiger partial charge is 0.279 e. The third-order valence-corrected chi connectivity index (χ3v) is 6.18. The summed E-state index contributed by atoms with van der Waals surface area (Å²) in [5.74, 6) is 0.0858. The molecule has 0 unspecified atom stereocenters. The summed E-state index contributed by atoms with van der Waals surface area (Å²) in [5.41, 5.74) is 3.23. The molecule has 140 valence electrons. The average molecular weight is 382 g/mol. The van der Waals surface area contributed by atoms with Crippen molar-refractivity contribution in [3.8, 4) is 0 Å². The lowest BCUT2D eigenvalue weighted by Crippen LogP contribution is -3.15. The number of aromatic nitrogens is 1. The van der Waals surface area contributed by atoms with Crippen LogP contribution in [0.3, 0.4) is 0 Å². The van der Waals surface area contributed by atoms with Gasteiger partial charge in [0.2, 0.25) is 0 Å². The highest BCUT2D eigenvalue weighted by Crippen LogP contribution is 2.28. The highest BCUT2D eigenvalue weighted by atomic mass is 32.1. The number of para-hydroxylation sites is 1. The van der Waals surface area contributed by atoms with E-state index < -0.39 is 0 Å². The van der Waals surface area contributed by atoms with E-state index in [1.54, 1.807) is 11.3 Å². The van der Waals surface area contributed by atoms with Gasteiger partial charge in [0, 0.05) is 5.69 Å². The Morgan fingerprint density at radius 1 is 1.15 bits per heavy atom. The summed E-state index contributed by atoms with van der Waals surface area (Å²) in [5, 5.41) is 4.11. The number of fused-ring (bicyclic) bond motifs is 1. The molecule has 5 nitrogen and oxygen atoms in total. The first-order valence-corrected chi connectivity index (χ1v) is 10.4. The van der Waals surface area contributed by atoms with Crippen LogP contribution in [-0.2, 0) is 11.2 Å². The zero-order valence-electron chi connectivity index (χ0n) is 15.6. The Kier molecular flexibility index (Phi) is 5.36. The molecule has 6 heteroatoms. The van der Waals surface area contributed by atoms with Crippen LogP contribution in [0.1, 0.15) is 12.5 Å². The van der Waals surface area contributed by atoms with Gasteiger partial charge in [-0.2, -0.15) is 0 Å². The molecule has 1 aliphatic heterocycles. The first-order chi connectivity index (χ1) is 13.2. The maximum atomic E-state index is 12.3. The number of rotatable bonds is 5. The number of nitrogens with one attached hydrogen (secondary N) is 2. The van der Waals surface area contributed by atoms with E-state index in [9.17, 15) is 4.79 Å². The van der Waals surface area contributed by atoms with Crippen molar-refractivity contribution in [1.82, 2.24) is 4.98 Å². The highest BCUT2D eigenvalue weighted by molar-refractivity contribution is 7.22. The second-order valence-electron chi connectivity index (χ2n) is 6.98. The molecule has 27 heavy (non-hydrogen) atoms. The molecule has 0 spiro atoms. The van der Waals surface area contributed by atoms with E-state index in [1.165, 1.54) is 15.2 Å². The van der Waals surface area contributed by atoms with Crippen molar-refractivity contribution in [3.63, 3.8) is 0 Å². The Bertz CT molecular complexity index is 880. The summed E-state index contributed by atoms with van der Waals surface area (Å²) in [4.78, 5) is 20.8. The SMILES string of the molecule is CCc1ccc(NC(=O)C[NH+]2CCN(c3nc4ccccc4s3)CC2)cc1. The lowest BCUT2D eigenvalue weighted by atomic mass is 10.1. The molecule has 1 saturated heterocycles. The van der Waals surface area contributed by atoms with Gasteiger partial charge in [-0.1, -0.05) is 42.5 Å². The van der Waals surface area contributed by atoms with E-state index in [0.717, 1.165) is 48.9 Å². The van der Waals surface area contributed by atoms with Crippen molar-refractivity contribution in [2.75, 3.05) is 42.9 Å². The summed E-state index contributed by atoms with van der Waals surface area (Å²) in [7, 11) is 0. The Balaban J connectivity index is 1.29. The van der Waals surface area contributed by atoms with E-state index in [-0.39, 0.29) is 5.91 Å². The quantitative estimate of drug-likeness (QED) is 0.712. The first kappa shape index (κ1) is 17.9. The fourth-order valence-corrected chi connectivity index (χ4v) is 4.46. The standard InChI is InChI=1S/C21H24N4OS/c1-2-16-7-9-17(10-8-16)22-20(26)15-24-11-13-25(14-12-24)21-23-18-5-3-4-6-19(18)27-21/h3-10H,2,11-15H2,1H3,(H,22,26)/p+1. The lowest BCUT2D eigenvalue weighted by Gasteiger charge is -2.31. The number of nitrogens with zero attached hydrogens (tertiary/aromatic N) is 2. The van der Waals surface area contributed by atoms with Gasteiger partial charge in [0.25, 0.3) is 5.91 Å². The van der Waals surface area contributed by atoms with Crippen molar-refractivity contribution in [1.29, 1.82) is 0 Å². The summed E-state index contributed by atoms with van der Waals surface area (Å²) in [6, 6.07) is 16.4. The number of anilines is 2. The van der Waals surface area contributed by atoms with Crippen LogP contribution in [0.5, 0.6) is 0 Å². The molecule has 1 aromatic heterocycles. The van der Waals surface area contributed by atoms with E-state index in [1.807, 2.05) is 18.2 Å². The minimum Gasteiger partial charge on any atom is -0.337 e. The second kappa shape index (κ2) is 8.06. The number of piperazine rings is 1. The Hall–Kier alpha value is -2.44. The minimum atomic E-state index is 0.0858. The maximum absolute atomic E-state index is 12.3. The monoisotopic (exact) mass is 381 g/mol. The number of hydrogen-bond acceptors (Lipinski definition) is 4. The number of carbonyl (C=O) groups is 1. The molecule has 2 heterocycles. The maximum Gasteiger partial charge on any atom is 0.279 e. The van der Waals surface area contributed by atoms with Crippen LogP contribution < -0.4 is 15.1 Å². The number of aryl methyl sites for hydroxylation is 1. The Morgan fingerprint density at radius 2 is 1.89 bits per heavy atom. The predicted octanol–water partition coefficient (Wildman–Crippen LogP) is 2.20. The molecule has 0 atom stereocenters. The minimum absolute atomic E-state index is 0.0858. The summed E-state index contributed by atoms with van der Waals surface area (Å²) in [6.45, 7) is 6.44. The molecule has 3 aromatic rings. The van der Waals surface area contributed by atoms with Crippen LogP contribution in [0.15, 0.2) is 48.5 Å². The number of hydrogen-bond donors (Lipinski definition) is 2. The number of quaternary nitrogens is 1. The molecular formula is C21H25N4OS+. The number of amides is 1. The van der Waals surface area contributed by atoms with Gasteiger partial charge < -0.3 is 15.1 Å². The number of benzene rings is 2. The molecule has 4 rings (SSSR count). The van der Waals surface area contributed by atoms with Crippen LogP contribution in [0.4, 0.5) is 10.8 Å². The van der Waals surface area contributed by atoms with E-state index in [2.05, 4.69) is 47.5 Å². The van der Waals surface area contributed by atoms with Gasteiger partial charge in [0.15, 0.2) is 11.7 Å². The second-order valence-corrected chi connectivity index (χ2v) is 7.99. The van der Waals surface area contributed by atoms with Gasteiger partial charge in [-0.05, 0) is 36.2 Å². The molecule has 1 fully saturated rings. The van der Waals surface area contributed by atoms with Crippen LogP contribution in [0.2, 0.25) is 0 Å². The fourth-order valence-electron chi connectivity index (χ4n) is 3.44. The molecule has 2 aromatic carbocycles. The van der Waals surface area contributed by atoms with Gasteiger partial charge in [-0.25, -0.2) is 4.98 Å². The van der Waals surface area contributed by atoms with Crippen molar-refractivity contribution >= 4 is 38.3 Å². The molecule has 2 N–H and O–H groups in total. The molecule has 1 amide bonds. The number of thiazole rings is 1. The van der Waals surface area contributed by atoms with Crippen LogP contribution in [0, 0.1) is 0 Å². The Labute approximate surface area is 163 Å². The average Bonchev–Trinajstić information content (AvgIpc) is 3.13. The molecule has 0 bridgehead atoms. The summed E-state index contributed by atoms with van der Waals surface area (Å²) < 4.78 is 1.23. The van der Waals surface area contributed by atoms with Crippen molar-refractivity contribution in [2.45, 2.75) is 13.3 Å². The zero-order chi connectivity index (χ0) is 18.6. The third kappa shape index (κ3) is 4.28. The zero-order valence-corrected chi connectivity index (χ0v) is 16.4. The van der Waals surface area contributed by atoms with E-state index >= 15 is 0 Å². The van der Waals surface area contributed by atoms with Gasteiger partial charge in [-0.3, -0.25) is 4.79 Å². The van der Waals surface area contributed by atoms with Gasteiger partial charge in [0.1, 0.15) is 0 Å².